The Balaban J connectivity index is 2.95. The van der Waals surface area contributed by atoms with E-state index in [9.17, 15) is 0 Å². The van der Waals surface area contributed by atoms with Crippen LogP contribution in [0.5, 0.6) is 0 Å². The highest BCUT2D eigenvalue weighted by Gasteiger charge is 2.50. The maximum Gasteiger partial charge on any atom is -0.0275 e. The van der Waals surface area contributed by atoms with Crippen LogP contribution in [0.15, 0.2) is 0 Å². The molecule has 1 saturated carbocycles. The molecule has 0 saturated heterocycles. The fourth-order valence-electron chi connectivity index (χ4n) is 2.39. The normalized spacial score (nSPS) is 40.9. The molecule has 0 N–H and O–H groups in total. The molecule has 0 spiro atoms. The fourth-order valence-corrected chi connectivity index (χ4v) is 2.39. The average molecular weight is 154 g/mol. The standard InChI is InChI=1S/C11H22/c1-8-7-9(2)11(5,6)10(8,3)4/h8-9H,7H2,1-6H3/t8-,9?/m0/s1. The Morgan fingerprint density at radius 1 is 0.818 bits per heavy atom. The summed E-state index contributed by atoms with van der Waals surface area (Å²) in [5.74, 6) is 1.76. The van der Waals surface area contributed by atoms with Crippen LogP contribution in [0.3, 0.4) is 0 Å². The highest BCUT2D eigenvalue weighted by molar-refractivity contribution is 4.99. The average Bonchev–Trinajstić information content (AvgIpc) is 1.95. The van der Waals surface area contributed by atoms with Crippen LogP contribution in [0.1, 0.15) is 48.0 Å². The molecule has 0 bridgehead atoms. The van der Waals surface area contributed by atoms with Crippen LogP contribution in [0, 0.1) is 22.7 Å². The third kappa shape index (κ3) is 1.02. The number of rotatable bonds is 0. The van der Waals surface area contributed by atoms with Gasteiger partial charge in [-0.15, -0.1) is 0 Å². The topological polar surface area (TPSA) is 0 Å². The summed E-state index contributed by atoms with van der Waals surface area (Å²) >= 11 is 0. The van der Waals surface area contributed by atoms with E-state index in [1.54, 1.807) is 0 Å². The minimum atomic E-state index is 0.520. The van der Waals surface area contributed by atoms with Gasteiger partial charge < -0.3 is 0 Å². The summed E-state index contributed by atoms with van der Waals surface area (Å²) in [6.07, 6.45) is 1.40. The molecule has 0 heterocycles. The molecule has 1 fully saturated rings. The second kappa shape index (κ2) is 2.24. The van der Waals surface area contributed by atoms with Crippen LogP contribution in [-0.4, -0.2) is 0 Å². The molecule has 1 aliphatic carbocycles. The van der Waals surface area contributed by atoms with E-state index < -0.39 is 0 Å². The minimum Gasteiger partial charge on any atom is -0.0620 e. The first-order chi connectivity index (χ1) is 4.80. The lowest BCUT2D eigenvalue weighted by Gasteiger charge is -2.40. The third-order valence-corrected chi connectivity index (χ3v) is 4.83. The van der Waals surface area contributed by atoms with Crippen molar-refractivity contribution in [3.63, 3.8) is 0 Å². The second-order valence-corrected chi connectivity index (χ2v) is 5.48. The molecule has 66 valence electrons. The van der Waals surface area contributed by atoms with E-state index >= 15 is 0 Å². The summed E-state index contributed by atoms with van der Waals surface area (Å²) in [6, 6.07) is 0. The van der Waals surface area contributed by atoms with Gasteiger partial charge in [0.15, 0.2) is 0 Å². The molecule has 0 aliphatic heterocycles. The van der Waals surface area contributed by atoms with Crippen LogP contribution in [0.4, 0.5) is 0 Å². The molecule has 1 aliphatic rings. The molecule has 11 heavy (non-hydrogen) atoms. The second-order valence-electron chi connectivity index (χ2n) is 5.48. The van der Waals surface area contributed by atoms with E-state index in [2.05, 4.69) is 41.5 Å². The zero-order valence-corrected chi connectivity index (χ0v) is 8.86. The van der Waals surface area contributed by atoms with E-state index in [4.69, 9.17) is 0 Å². The monoisotopic (exact) mass is 154 g/mol. The Hall–Kier alpha value is 0. The van der Waals surface area contributed by atoms with Crippen molar-refractivity contribution >= 4 is 0 Å². The molecule has 0 amide bonds. The SMILES string of the molecule is CC1C[C@H](C)C(C)(C)C1(C)C. The van der Waals surface area contributed by atoms with Gasteiger partial charge in [0.2, 0.25) is 0 Å². The molecule has 1 unspecified atom stereocenters. The summed E-state index contributed by atoms with van der Waals surface area (Å²) < 4.78 is 0. The molecular weight excluding hydrogens is 132 g/mol. The van der Waals surface area contributed by atoms with Crippen molar-refractivity contribution in [3.8, 4) is 0 Å². The molecule has 0 nitrogen and oxygen atoms in total. The molecule has 0 aromatic heterocycles. The molecule has 0 heteroatoms. The summed E-state index contributed by atoms with van der Waals surface area (Å²) in [5.41, 5.74) is 1.04. The Kier molecular flexibility index (Phi) is 1.85. The Morgan fingerprint density at radius 3 is 1.18 bits per heavy atom. The van der Waals surface area contributed by atoms with E-state index in [1.165, 1.54) is 6.42 Å². The molecular formula is C11H22. The number of hydrogen-bond acceptors (Lipinski definition) is 0. The van der Waals surface area contributed by atoms with Crippen molar-refractivity contribution in [3.05, 3.63) is 0 Å². The largest absolute Gasteiger partial charge is 0.0620 e. The van der Waals surface area contributed by atoms with Gasteiger partial charge in [0, 0.05) is 0 Å². The zero-order chi connectivity index (χ0) is 8.86. The lowest BCUT2D eigenvalue weighted by Crippen LogP contribution is -2.33. The minimum absolute atomic E-state index is 0.520. The molecule has 0 aromatic rings. The van der Waals surface area contributed by atoms with Crippen LogP contribution in [0.25, 0.3) is 0 Å². The summed E-state index contributed by atoms with van der Waals surface area (Å²) in [5, 5.41) is 0. The van der Waals surface area contributed by atoms with E-state index in [-0.39, 0.29) is 0 Å². The first-order valence-electron chi connectivity index (χ1n) is 4.80. The van der Waals surface area contributed by atoms with Crippen molar-refractivity contribution in [2.45, 2.75) is 48.0 Å². The third-order valence-electron chi connectivity index (χ3n) is 4.83. The Labute approximate surface area is 71.4 Å². The molecule has 2 atom stereocenters. The Bertz CT molecular complexity index is 135. The van der Waals surface area contributed by atoms with Crippen LogP contribution in [-0.2, 0) is 0 Å². The van der Waals surface area contributed by atoms with Crippen molar-refractivity contribution in [2.75, 3.05) is 0 Å². The van der Waals surface area contributed by atoms with Gasteiger partial charge in [-0.2, -0.15) is 0 Å². The fraction of sp³-hybridized carbons (Fsp3) is 1.00. The zero-order valence-electron chi connectivity index (χ0n) is 8.86. The first kappa shape index (κ1) is 9.09. The van der Waals surface area contributed by atoms with Gasteiger partial charge in [0.05, 0.1) is 0 Å². The van der Waals surface area contributed by atoms with Gasteiger partial charge >= 0.3 is 0 Å². The van der Waals surface area contributed by atoms with Gasteiger partial charge in [-0.3, -0.25) is 0 Å². The first-order valence-corrected chi connectivity index (χ1v) is 4.80. The van der Waals surface area contributed by atoms with E-state index in [0.29, 0.717) is 10.8 Å². The molecule has 0 aromatic carbocycles. The number of hydrogen-bond donors (Lipinski definition) is 0. The summed E-state index contributed by atoms with van der Waals surface area (Å²) in [7, 11) is 0. The molecule has 0 radical (unpaired) electrons. The summed E-state index contributed by atoms with van der Waals surface area (Å²) in [4.78, 5) is 0. The highest BCUT2D eigenvalue weighted by atomic mass is 14.5. The van der Waals surface area contributed by atoms with Gasteiger partial charge in [0.1, 0.15) is 0 Å². The lowest BCUT2D eigenvalue weighted by atomic mass is 9.65. The maximum atomic E-state index is 2.42. The highest BCUT2D eigenvalue weighted by Crippen LogP contribution is 2.58. The smallest absolute Gasteiger partial charge is 0.0275 e. The summed E-state index contributed by atoms with van der Waals surface area (Å²) in [6.45, 7) is 14.5. The van der Waals surface area contributed by atoms with Gasteiger partial charge in [0.25, 0.3) is 0 Å². The van der Waals surface area contributed by atoms with Crippen molar-refractivity contribution < 1.29 is 0 Å². The van der Waals surface area contributed by atoms with Crippen LogP contribution in [0.2, 0.25) is 0 Å². The van der Waals surface area contributed by atoms with Crippen LogP contribution >= 0.6 is 0 Å². The lowest BCUT2D eigenvalue weighted by molar-refractivity contribution is 0.0887. The predicted octanol–water partition coefficient (Wildman–Crippen LogP) is 3.71. The van der Waals surface area contributed by atoms with Gasteiger partial charge in [-0.1, -0.05) is 41.5 Å². The van der Waals surface area contributed by atoms with Crippen molar-refractivity contribution in [1.82, 2.24) is 0 Å². The quantitative estimate of drug-likeness (QED) is 0.499. The van der Waals surface area contributed by atoms with Gasteiger partial charge in [-0.25, -0.2) is 0 Å². The Morgan fingerprint density at radius 2 is 1.09 bits per heavy atom. The van der Waals surface area contributed by atoms with E-state index in [1.807, 2.05) is 0 Å². The van der Waals surface area contributed by atoms with Crippen LogP contribution < -0.4 is 0 Å². The van der Waals surface area contributed by atoms with Crippen molar-refractivity contribution in [1.29, 1.82) is 0 Å². The predicted molar refractivity (Wildman–Crippen MR) is 50.5 cm³/mol. The van der Waals surface area contributed by atoms with E-state index in [0.717, 1.165) is 11.8 Å². The van der Waals surface area contributed by atoms with Gasteiger partial charge in [-0.05, 0) is 29.1 Å². The maximum absolute atomic E-state index is 2.42. The van der Waals surface area contributed by atoms with Crippen molar-refractivity contribution in [2.24, 2.45) is 22.7 Å². The molecule has 1 rings (SSSR count).